The summed E-state index contributed by atoms with van der Waals surface area (Å²) in [5.74, 6) is -0.147. The number of hydrogen-bond acceptors (Lipinski definition) is 2. The van der Waals surface area contributed by atoms with E-state index in [9.17, 15) is 4.39 Å². The number of nitrogens with one attached hydrogen (secondary N) is 1. The average Bonchev–Trinajstić information content (AvgIpc) is 2.33. The van der Waals surface area contributed by atoms with Gasteiger partial charge < -0.3 is 5.32 Å². The molecule has 0 aliphatic rings. The van der Waals surface area contributed by atoms with Crippen molar-refractivity contribution in [3.63, 3.8) is 0 Å². The first-order valence-electron chi connectivity index (χ1n) is 5.39. The van der Waals surface area contributed by atoms with Gasteiger partial charge in [-0.2, -0.15) is 0 Å². The molecule has 18 heavy (non-hydrogen) atoms. The van der Waals surface area contributed by atoms with Crippen LogP contribution in [0.1, 0.15) is 18.5 Å². The van der Waals surface area contributed by atoms with Gasteiger partial charge in [0.05, 0.1) is 6.04 Å². The Morgan fingerprint density at radius 2 is 2.00 bits per heavy atom. The standard InChI is InChI=1S/C13H11BrClFN2/c1-8(9-2-4-11(15)5-3-9)18-13-12(16)6-10(14)7-17-13/h2-8H,1H3,(H,17,18). The number of hydrogen-bond donors (Lipinski definition) is 1. The van der Waals surface area contributed by atoms with Crippen LogP contribution in [0.15, 0.2) is 41.0 Å². The number of rotatable bonds is 3. The molecule has 1 atom stereocenters. The molecule has 1 unspecified atom stereocenters. The summed E-state index contributed by atoms with van der Waals surface area (Å²) in [6.07, 6.45) is 1.56. The highest BCUT2D eigenvalue weighted by atomic mass is 79.9. The van der Waals surface area contributed by atoms with Gasteiger partial charge in [0, 0.05) is 15.7 Å². The van der Waals surface area contributed by atoms with Gasteiger partial charge in [0.2, 0.25) is 0 Å². The third-order valence-electron chi connectivity index (χ3n) is 2.53. The van der Waals surface area contributed by atoms with E-state index >= 15 is 0 Å². The van der Waals surface area contributed by atoms with Crippen LogP contribution >= 0.6 is 27.5 Å². The van der Waals surface area contributed by atoms with Crippen LogP contribution in [0.3, 0.4) is 0 Å². The van der Waals surface area contributed by atoms with Crippen molar-refractivity contribution >= 4 is 33.3 Å². The number of aromatic nitrogens is 1. The highest BCUT2D eigenvalue weighted by Crippen LogP contribution is 2.22. The zero-order chi connectivity index (χ0) is 13.1. The summed E-state index contributed by atoms with van der Waals surface area (Å²) in [7, 11) is 0. The van der Waals surface area contributed by atoms with Crippen molar-refractivity contribution in [3.8, 4) is 0 Å². The second-order valence-electron chi connectivity index (χ2n) is 3.90. The molecule has 0 amide bonds. The Morgan fingerprint density at radius 1 is 1.33 bits per heavy atom. The summed E-state index contributed by atoms with van der Waals surface area (Å²) in [5, 5.41) is 3.70. The lowest BCUT2D eigenvalue weighted by Gasteiger charge is -2.15. The lowest BCUT2D eigenvalue weighted by molar-refractivity contribution is 0.620. The fourth-order valence-corrected chi connectivity index (χ4v) is 1.99. The molecule has 0 spiro atoms. The minimum Gasteiger partial charge on any atom is -0.361 e. The third kappa shape index (κ3) is 3.21. The second kappa shape index (κ2) is 5.67. The topological polar surface area (TPSA) is 24.9 Å². The summed E-state index contributed by atoms with van der Waals surface area (Å²) in [5.41, 5.74) is 1.02. The van der Waals surface area contributed by atoms with Gasteiger partial charge in [-0.1, -0.05) is 23.7 Å². The van der Waals surface area contributed by atoms with Gasteiger partial charge in [-0.15, -0.1) is 0 Å². The van der Waals surface area contributed by atoms with Crippen molar-refractivity contribution in [3.05, 3.63) is 57.4 Å². The van der Waals surface area contributed by atoms with Crippen LogP contribution in [0.2, 0.25) is 5.02 Å². The van der Waals surface area contributed by atoms with Gasteiger partial charge >= 0.3 is 0 Å². The maximum atomic E-state index is 13.6. The molecule has 0 aliphatic carbocycles. The maximum absolute atomic E-state index is 13.6. The number of halogens is 3. The molecule has 1 aromatic carbocycles. The van der Waals surface area contributed by atoms with Crippen molar-refractivity contribution in [2.75, 3.05) is 5.32 Å². The van der Waals surface area contributed by atoms with Gasteiger partial charge in [0.25, 0.3) is 0 Å². The van der Waals surface area contributed by atoms with Crippen molar-refractivity contribution in [2.45, 2.75) is 13.0 Å². The summed E-state index contributed by atoms with van der Waals surface area (Å²) in [6.45, 7) is 1.94. The SMILES string of the molecule is CC(Nc1ncc(Br)cc1F)c1ccc(Cl)cc1. The van der Waals surface area contributed by atoms with Gasteiger partial charge in [0.15, 0.2) is 11.6 Å². The molecule has 0 aliphatic heterocycles. The normalized spacial score (nSPS) is 12.2. The Bertz CT molecular complexity index is 545. The molecule has 5 heteroatoms. The Morgan fingerprint density at radius 3 is 2.61 bits per heavy atom. The van der Waals surface area contributed by atoms with Crippen LogP contribution in [0.25, 0.3) is 0 Å². The predicted molar refractivity (Wildman–Crippen MR) is 75.4 cm³/mol. The highest BCUT2D eigenvalue weighted by Gasteiger charge is 2.10. The van der Waals surface area contributed by atoms with E-state index in [0.29, 0.717) is 9.50 Å². The molecular formula is C13H11BrClFN2. The lowest BCUT2D eigenvalue weighted by atomic mass is 10.1. The molecule has 0 fully saturated rings. The maximum Gasteiger partial charge on any atom is 0.166 e. The molecule has 94 valence electrons. The first-order chi connectivity index (χ1) is 8.56. The third-order valence-corrected chi connectivity index (χ3v) is 3.22. The van der Waals surface area contributed by atoms with Crippen LogP contribution in [0.5, 0.6) is 0 Å². The molecule has 2 aromatic rings. The van der Waals surface area contributed by atoms with E-state index < -0.39 is 0 Å². The minimum absolute atomic E-state index is 0.0505. The molecule has 2 rings (SSSR count). The number of anilines is 1. The first kappa shape index (κ1) is 13.3. The number of pyridine rings is 1. The van der Waals surface area contributed by atoms with E-state index in [1.54, 1.807) is 18.3 Å². The van der Waals surface area contributed by atoms with E-state index in [0.717, 1.165) is 5.56 Å². The van der Waals surface area contributed by atoms with Gasteiger partial charge in [-0.3, -0.25) is 0 Å². The lowest BCUT2D eigenvalue weighted by Crippen LogP contribution is -2.09. The van der Waals surface area contributed by atoms with Gasteiger partial charge in [-0.05, 0) is 46.6 Å². The first-order valence-corrected chi connectivity index (χ1v) is 6.56. The summed E-state index contributed by atoms with van der Waals surface area (Å²) >= 11 is 8.99. The van der Waals surface area contributed by atoms with Gasteiger partial charge in [0.1, 0.15) is 0 Å². The highest BCUT2D eigenvalue weighted by molar-refractivity contribution is 9.10. The average molecular weight is 330 g/mol. The number of nitrogens with zero attached hydrogens (tertiary/aromatic N) is 1. The number of benzene rings is 1. The van der Waals surface area contributed by atoms with Crippen LogP contribution in [0, 0.1) is 5.82 Å². The second-order valence-corrected chi connectivity index (χ2v) is 5.25. The van der Waals surface area contributed by atoms with Crippen LogP contribution in [-0.2, 0) is 0 Å². The van der Waals surface area contributed by atoms with E-state index in [-0.39, 0.29) is 17.7 Å². The van der Waals surface area contributed by atoms with Crippen molar-refractivity contribution in [1.29, 1.82) is 0 Å². The zero-order valence-corrected chi connectivity index (χ0v) is 12.0. The Labute approximate surface area is 118 Å². The quantitative estimate of drug-likeness (QED) is 0.874. The summed E-state index contributed by atoms with van der Waals surface area (Å²) < 4.78 is 14.2. The van der Waals surface area contributed by atoms with Crippen LogP contribution in [0.4, 0.5) is 10.2 Å². The van der Waals surface area contributed by atoms with E-state index in [1.165, 1.54) is 6.07 Å². The van der Waals surface area contributed by atoms with E-state index in [1.807, 2.05) is 19.1 Å². The van der Waals surface area contributed by atoms with Crippen LogP contribution < -0.4 is 5.32 Å². The molecule has 2 nitrogen and oxygen atoms in total. The zero-order valence-electron chi connectivity index (χ0n) is 9.62. The van der Waals surface area contributed by atoms with Crippen molar-refractivity contribution < 1.29 is 4.39 Å². The fourth-order valence-electron chi connectivity index (χ4n) is 1.56. The molecular weight excluding hydrogens is 319 g/mol. The Hall–Kier alpha value is -1.13. The van der Waals surface area contributed by atoms with E-state index in [2.05, 4.69) is 26.2 Å². The molecule has 0 saturated carbocycles. The summed E-state index contributed by atoms with van der Waals surface area (Å²) in [6, 6.07) is 8.74. The van der Waals surface area contributed by atoms with Crippen LogP contribution in [-0.4, -0.2) is 4.98 Å². The molecule has 0 bridgehead atoms. The molecule has 0 saturated heterocycles. The van der Waals surface area contributed by atoms with Crippen molar-refractivity contribution in [2.24, 2.45) is 0 Å². The van der Waals surface area contributed by atoms with Gasteiger partial charge in [-0.25, -0.2) is 9.37 Å². The fraction of sp³-hybridized carbons (Fsp3) is 0.154. The molecule has 1 N–H and O–H groups in total. The van der Waals surface area contributed by atoms with E-state index in [4.69, 9.17) is 11.6 Å². The Balaban J connectivity index is 2.15. The molecule has 1 heterocycles. The minimum atomic E-state index is -0.384. The predicted octanol–water partition coefficient (Wildman–Crippen LogP) is 4.81. The van der Waals surface area contributed by atoms with Crippen molar-refractivity contribution in [1.82, 2.24) is 4.98 Å². The Kier molecular flexibility index (Phi) is 4.19. The smallest absolute Gasteiger partial charge is 0.166 e. The largest absolute Gasteiger partial charge is 0.361 e. The molecule has 0 radical (unpaired) electrons. The monoisotopic (exact) mass is 328 g/mol. The molecule has 1 aromatic heterocycles. The summed E-state index contributed by atoms with van der Waals surface area (Å²) in [4.78, 5) is 4.00.